The lowest BCUT2D eigenvalue weighted by molar-refractivity contribution is 0.102. The van der Waals surface area contributed by atoms with Crippen LogP contribution in [0.2, 0.25) is 0 Å². The van der Waals surface area contributed by atoms with E-state index in [9.17, 15) is 9.00 Å². The van der Waals surface area contributed by atoms with E-state index >= 15 is 0 Å². The van der Waals surface area contributed by atoms with E-state index < -0.39 is 10.8 Å². The van der Waals surface area contributed by atoms with Crippen molar-refractivity contribution in [2.75, 3.05) is 36.2 Å². The summed E-state index contributed by atoms with van der Waals surface area (Å²) >= 11 is 2.01. The molecular weight excluding hydrogens is 364 g/mol. The van der Waals surface area contributed by atoms with Crippen LogP contribution < -0.4 is 5.32 Å². The highest BCUT2D eigenvalue weighted by atomic mass is 32.2. The van der Waals surface area contributed by atoms with Gasteiger partial charge in [-0.25, -0.2) is 0 Å². The second kappa shape index (κ2) is 8.84. The number of rotatable bonds is 5. The Kier molecular flexibility index (Phi) is 6.51. The Morgan fingerprint density at radius 3 is 2.50 bits per heavy atom. The van der Waals surface area contributed by atoms with Crippen molar-refractivity contribution in [3.05, 3.63) is 59.2 Å². The average molecular weight is 389 g/mol. The summed E-state index contributed by atoms with van der Waals surface area (Å²) in [5.41, 5.74) is 3.79. The molecule has 1 heterocycles. The number of hydrogen-bond acceptors (Lipinski definition) is 4. The molecule has 1 aliphatic rings. The van der Waals surface area contributed by atoms with E-state index in [1.54, 1.807) is 30.5 Å². The first kappa shape index (κ1) is 19.1. The molecule has 26 heavy (non-hydrogen) atoms. The molecule has 6 heteroatoms. The molecule has 3 rings (SSSR count). The summed E-state index contributed by atoms with van der Waals surface area (Å²) in [6, 6.07) is 13.0. The average Bonchev–Trinajstić information content (AvgIpc) is 2.66. The zero-order chi connectivity index (χ0) is 18.5. The summed E-state index contributed by atoms with van der Waals surface area (Å²) < 4.78 is 11.5. The van der Waals surface area contributed by atoms with Crippen molar-refractivity contribution in [2.45, 2.75) is 18.4 Å². The molecule has 2 aromatic rings. The monoisotopic (exact) mass is 388 g/mol. The van der Waals surface area contributed by atoms with Crippen LogP contribution in [0, 0.1) is 6.92 Å². The maximum absolute atomic E-state index is 12.5. The number of carbonyl (C=O) groups excluding carboxylic acids is 1. The Bertz CT molecular complexity index is 800. The minimum atomic E-state index is -1.04. The van der Waals surface area contributed by atoms with Crippen LogP contribution in [0.25, 0.3) is 0 Å². The highest BCUT2D eigenvalue weighted by Gasteiger charge is 2.14. The van der Waals surface area contributed by atoms with Crippen LogP contribution in [-0.2, 0) is 17.3 Å². The highest BCUT2D eigenvalue weighted by Crippen LogP contribution is 2.22. The van der Waals surface area contributed by atoms with Crippen molar-refractivity contribution in [3.63, 3.8) is 0 Å². The third-order valence-corrected chi connectivity index (χ3v) is 6.52. The third-order valence-electron chi connectivity index (χ3n) is 4.64. The van der Waals surface area contributed by atoms with Crippen molar-refractivity contribution >= 4 is 34.2 Å². The molecule has 1 atom stereocenters. The fourth-order valence-electron chi connectivity index (χ4n) is 2.98. The standard InChI is InChI=1S/C20H24N2O2S2/c1-15-17(14-22-10-12-25-13-11-22)4-3-5-19(15)21-20(23)16-6-8-18(9-7-16)26(2)24/h3-9H,10-14H2,1-2H3,(H,21,23). The van der Waals surface area contributed by atoms with Gasteiger partial charge in [-0.1, -0.05) is 12.1 Å². The lowest BCUT2D eigenvalue weighted by atomic mass is 10.1. The van der Waals surface area contributed by atoms with Crippen LogP contribution in [-0.4, -0.2) is 45.9 Å². The summed E-state index contributed by atoms with van der Waals surface area (Å²) in [5, 5.41) is 3.02. The summed E-state index contributed by atoms with van der Waals surface area (Å²) in [5.74, 6) is 2.23. The fraction of sp³-hybridized carbons (Fsp3) is 0.350. The molecule has 0 aliphatic carbocycles. The topological polar surface area (TPSA) is 49.4 Å². The molecule has 1 unspecified atom stereocenters. The molecule has 1 saturated heterocycles. The fourth-order valence-corrected chi connectivity index (χ4v) is 4.48. The zero-order valence-electron chi connectivity index (χ0n) is 15.2. The molecule has 0 saturated carbocycles. The predicted octanol–water partition coefficient (Wildman–Crippen LogP) is 3.53. The summed E-state index contributed by atoms with van der Waals surface area (Å²) in [7, 11) is -1.04. The highest BCUT2D eigenvalue weighted by molar-refractivity contribution is 7.99. The molecule has 1 aliphatic heterocycles. The molecule has 2 aromatic carbocycles. The molecule has 0 aromatic heterocycles. The molecule has 1 amide bonds. The SMILES string of the molecule is Cc1c(CN2CCSCC2)cccc1NC(=O)c1ccc(S(C)=O)cc1. The second-order valence-electron chi connectivity index (χ2n) is 6.41. The number of nitrogens with zero attached hydrogens (tertiary/aromatic N) is 1. The van der Waals surface area contributed by atoms with Gasteiger partial charge in [-0.3, -0.25) is 13.9 Å². The van der Waals surface area contributed by atoms with E-state index in [2.05, 4.69) is 23.2 Å². The van der Waals surface area contributed by atoms with Gasteiger partial charge in [-0.05, 0) is 48.4 Å². The molecule has 4 nitrogen and oxygen atoms in total. The van der Waals surface area contributed by atoms with E-state index in [1.807, 2.05) is 23.9 Å². The minimum Gasteiger partial charge on any atom is -0.322 e. The largest absolute Gasteiger partial charge is 0.322 e. The Balaban J connectivity index is 1.71. The van der Waals surface area contributed by atoms with Crippen LogP contribution in [0.1, 0.15) is 21.5 Å². The summed E-state index contributed by atoms with van der Waals surface area (Å²) in [6.45, 7) is 5.22. The van der Waals surface area contributed by atoms with E-state index in [0.717, 1.165) is 35.8 Å². The Morgan fingerprint density at radius 1 is 1.15 bits per heavy atom. The van der Waals surface area contributed by atoms with Crippen molar-refractivity contribution in [1.29, 1.82) is 0 Å². The van der Waals surface area contributed by atoms with Gasteiger partial charge >= 0.3 is 0 Å². The number of anilines is 1. The maximum Gasteiger partial charge on any atom is 0.255 e. The van der Waals surface area contributed by atoms with Crippen molar-refractivity contribution < 1.29 is 9.00 Å². The molecule has 0 spiro atoms. The van der Waals surface area contributed by atoms with E-state index in [1.165, 1.54) is 17.1 Å². The normalized spacial score (nSPS) is 16.2. The van der Waals surface area contributed by atoms with Gasteiger partial charge < -0.3 is 5.32 Å². The number of hydrogen-bond donors (Lipinski definition) is 1. The van der Waals surface area contributed by atoms with Gasteiger partial charge in [0.15, 0.2) is 0 Å². The number of benzene rings is 2. The van der Waals surface area contributed by atoms with Crippen LogP contribution in [0.4, 0.5) is 5.69 Å². The Morgan fingerprint density at radius 2 is 1.85 bits per heavy atom. The number of thioether (sulfide) groups is 1. The number of amides is 1. The van der Waals surface area contributed by atoms with Gasteiger partial charge in [-0.2, -0.15) is 11.8 Å². The molecule has 1 N–H and O–H groups in total. The summed E-state index contributed by atoms with van der Waals surface area (Å²) in [4.78, 5) is 15.7. The van der Waals surface area contributed by atoms with Crippen molar-refractivity contribution in [1.82, 2.24) is 4.90 Å². The molecule has 1 fully saturated rings. The molecule has 0 bridgehead atoms. The molecule has 138 valence electrons. The van der Waals surface area contributed by atoms with Crippen molar-refractivity contribution in [2.24, 2.45) is 0 Å². The quantitative estimate of drug-likeness (QED) is 0.851. The maximum atomic E-state index is 12.5. The molecular formula is C20H24N2O2S2. The minimum absolute atomic E-state index is 0.145. The Hall–Kier alpha value is -1.63. The van der Waals surface area contributed by atoms with Crippen molar-refractivity contribution in [3.8, 4) is 0 Å². The zero-order valence-corrected chi connectivity index (χ0v) is 16.8. The van der Waals surface area contributed by atoms with Gasteiger partial charge in [0.2, 0.25) is 0 Å². The van der Waals surface area contributed by atoms with Crippen LogP contribution >= 0.6 is 11.8 Å². The first-order valence-corrected chi connectivity index (χ1v) is 11.4. The van der Waals surface area contributed by atoms with Gasteiger partial charge in [0.1, 0.15) is 0 Å². The van der Waals surface area contributed by atoms with Crippen LogP contribution in [0.3, 0.4) is 0 Å². The Labute approximate surface area is 161 Å². The smallest absolute Gasteiger partial charge is 0.255 e. The summed E-state index contributed by atoms with van der Waals surface area (Å²) in [6.07, 6.45) is 1.63. The van der Waals surface area contributed by atoms with Crippen LogP contribution in [0.5, 0.6) is 0 Å². The molecule has 0 radical (unpaired) electrons. The predicted molar refractivity (Wildman–Crippen MR) is 111 cm³/mol. The van der Waals surface area contributed by atoms with Gasteiger partial charge in [0.25, 0.3) is 5.91 Å². The third kappa shape index (κ3) is 4.75. The van der Waals surface area contributed by atoms with Gasteiger partial charge in [0.05, 0.1) is 0 Å². The first-order chi connectivity index (χ1) is 12.5. The van der Waals surface area contributed by atoms with E-state index in [0.29, 0.717) is 5.56 Å². The second-order valence-corrected chi connectivity index (χ2v) is 9.02. The lowest BCUT2D eigenvalue weighted by Crippen LogP contribution is -2.32. The van der Waals surface area contributed by atoms with Crippen LogP contribution in [0.15, 0.2) is 47.4 Å². The first-order valence-electron chi connectivity index (χ1n) is 8.68. The van der Waals surface area contributed by atoms with E-state index in [-0.39, 0.29) is 5.91 Å². The van der Waals surface area contributed by atoms with E-state index in [4.69, 9.17) is 0 Å². The number of carbonyl (C=O) groups is 1. The van der Waals surface area contributed by atoms with Gasteiger partial charge in [-0.15, -0.1) is 0 Å². The van der Waals surface area contributed by atoms with Gasteiger partial charge in [0, 0.05) is 64.3 Å². The number of nitrogens with one attached hydrogen (secondary N) is 1. The lowest BCUT2D eigenvalue weighted by Gasteiger charge is -2.27.